The Morgan fingerprint density at radius 2 is 1.13 bits per heavy atom. The van der Waals surface area contributed by atoms with Gasteiger partial charge in [-0.25, -0.2) is 9.13 Å². The molecule has 0 rings (SSSR count). The fraction of sp³-hybridized carbons (Fsp3) is 0.733. The summed E-state index contributed by atoms with van der Waals surface area (Å²) in [7, 11) is -9.71. The number of allylic oxidation sites excluding steroid dienone is 8. The molecule has 0 aromatic heterocycles. The highest BCUT2D eigenvalue weighted by atomic mass is 31.2. The maximum Gasteiger partial charge on any atom is 0.472 e. The molecule has 0 aliphatic rings. The zero-order valence-corrected chi connectivity index (χ0v) is 39.1. The van der Waals surface area contributed by atoms with E-state index in [2.05, 4.69) is 42.0 Å². The van der Waals surface area contributed by atoms with Gasteiger partial charge in [0.15, 0.2) is 6.10 Å². The molecule has 5 N–H and O–H groups in total. The van der Waals surface area contributed by atoms with Crippen molar-refractivity contribution in [2.75, 3.05) is 26.4 Å². The average molecular weight is 907 g/mol. The molecule has 16 heteroatoms. The highest BCUT2D eigenvalue weighted by Crippen LogP contribution is 2.43. The number of esters is 2. The van der Waals surface area contributed by atoms with Crippen LogP contribution in [0.25, 0.3) is 0 Å². The zero-order valence-electron chi connectivity index (χ0n) is 37.3. The van der Waals surface area contributed by atoms with E-state index in [1.54, 1.807) is 6.08 Å². The fourth-order valence-corrected chi connectivity index (χ4v) is 6.93. The van der Waals surface area contributed by atoms with Crippen LogP contribution in [0.15, 0.2) is 60.8 Å². The molecule has 0 bridgehead atoms. The number of carbonyl (C=O) groups excluding carboxylic acids is 2. The molecule has 14 nitrogen and oxygen atoms in total. The molecule has 0 saturated carbocycles. The van der Waals surface area contributed by atoms with Crippen molar-refractivity contribution in [1.82, 2.24) is 0 Å². The minimum absolute atomic E-state index is 0.0837. The van der Waals surface area contributed by atoms with E-state index in [0.29, 0.717) is 32.1 Å². The van der Waals surface area contributed by atoms with E-state index in [1.807, 2.05) is 42.5 Å². The third kappa shape index (κ3) is 44.2. The number of phosphoric ester groups is 2. The SMILES string of the molecule is CC/C=C\C/C=C\CC(O)/C=C/C=C\C/C=C\CCCC(=O)OC[C@H](COP(=O)(O)OC[C@@H](O)COP(=O)(O)O)OC(=O)CCCCCCCCCCCCCCCC(C)C. The van der Waals surface area contributed by atoms with Crippen molar-refractivity contribution in [3.8, 4) is 0 Å². The number of unbranched alkanes of at least 4 members (excludes halogenated alkanes) is 13. The van der Waals surface area contributed by atoms with Crippen molar-refractivity contribution in [2.45, 2.75) is 180 Å². The number of carbonyl (C=O) groups is 2. The molecule has 0 radical (unpaired) electrons. The Labute approximate surface area is 366 Å². The summed E-state index contributed by atoms with van der Waals surface area (Å²) in [6, 6.07) is 0. The topological polar surface area (TPSA) is 216 Å². The lowest BCUT2D eigenvalue weighted by Crippen LogP contribution is -2.30. The molecule has 0 aromatic carbocycles. The second-order valence-corrected chi connectivity index (χ2v) is 18.3. The van der Waals surface area contributed by atoms with Crippen LogP contribution >= 0.6 is 15.6 Å². The maximum absolute atomic E-state index is 12.7. The lowest BCUT2D eigenvalue weighted by molar-refractivity contribution is -0.161. The number of phosphoric acid groups is 2. The maximum atomic E-state index is 12.7. The van der Waals surface area contributed by atoms with Crippen molar-refractivity contribution >= 4 is 27.6 Å². The van der Waals surface area contributed by atoms with E-state index in [4.69, 9.17) is 23.8 Å². The molecule has 0 amide bonds. The van der Waals surface area contributed by atoms with Crippen LogP contribution in [0.1, 0.15) is 162 Å². The standard InChI is InChI=1S/C45H80O14P2/c1-4-5-6-7-22-27-32-41(46)33-28-23-18-15-16-19-24-29-34-44(48)55-38-43(39-58-61(53,54)57-37-42(47)36-56-60(50,51)52)59-45(49)35-30-25-20-14-12-10-8-9-11-13-17-21-26-31-40(2)3/h5-6,16,18-19,22-23,27-28,33,40-43,46-47H,4,7-15,17,20-21,24-26,29-32,34-39H2,1-3H3,(H,53,54)(H2,50,51,52)/b6-5-,19-16-,23-18-,27-22-,33-28+/t41?,42-,43+/m0/s1. The van der Waals surface area contributed by atoms with Gasteiger partial charge in [0.1, 0.15) is 12.7 Å². The monoisotopic (exact) mass is 907 g/mol. The fourth-order valence-electron chi connectivity index (χ4n) is 5.77. The second-order valence-electron chi connectivity index (χ2n) is 15.6. The van der Waals surface area contributed by atoms with Crippen LogP contribution in [-0.4, -0.2) is 81.6 Å². The Hall–Kier alpha value is -2.22. The Bertz CT molecular complexity index is 1340. The van der Waals surface area contributed by atoms with Gasteiger partial charge in [-0.15, -0.1) is 0 Å². The van der Waals surface area contributed by atoms with Crippen LogP contribution in [0.3, 0.4) is 0 Å². The van der Waals surface area contributed by atoms with E-state index in [1.165, 1.54) is 57.8 Å². The molecular formula is C45H80O14P2. The van der Waals surface area contributed by atoms with E-state index in [-0.39, 0.29) is 12.8 Å². The smallest absolute Gasteiger partial charge is 0.462 e. The van der Waals surface area contributed by atoms with Gasteiger partial charge in [0.05, 0.1) is 25.9 Å². The van der Waals surface area contributed by atoms with Crippen molar-refractivity contribution in [2.24, 2.45) is 5.92 Å². The van der Waals surface area contributed by atoms with Gasteiger partial charge < -0.3 is 34.4 Å². The number of aliphatic hydroxyl groups excluding tert-OH is 2. The van der Waals surface area contributed by atoms with Gasteiger partial charge in [-0.1, -0.05) is 165 Å². The van der Waals surface area contributed by atoms with Gasteiger partial charge >= 0.3 is 27.6 Å². The summed E-state index contributed by atoms with van der Waals surface area (Å²) in [4.78, 5) is 52.7. The Morgan fingerprint density at radius 3 is 1.75 bits per heavy atom. The summed E-state index contributed by atoms with van der Waals surface area (Å²) in [5.41, 5.74) is 0. The van der Waals surface area contributed by atoms with Crippen LogP contribution < -0.4 is 0 Å². The molecule has 0 aromatic rings. The quantitative estimate of drug-likeness (QED) is 0.0127. The van der Waals surface area contributed by atoms with Crippen molar-refractivity contribution in [1.29, 1.82) is 0 Å². The summed E-state index contributed by atoms with van der Waals surface area (Å²) >= 11 is 0. The second kappa shape index (κ2) is 39.4. The highest BCUT2D eigenvalue weighted by Gasteiger charge is 2.28. The molecule has 2 unspecified atom stereocenters. The lowest BCUT2D eigenvalue weighted by Gasteiger charge is -2.20. The largest absolute Gasteiger partial charge is 0.472 e. The Balaban J connectivity index is 4.64. The van der Waals surface area contributed by atoms with E-state index >= 15 is 0 Å². The van der Waals surface area contributed by atoms with Gasteiger partial charge in [-0.05, 0) is 50.9 Å². The summed E-state index contributed by atoms with van der Waals surface area (Å²) in [5, 5.41) is 19.8. The van der Waals surface area contributed by atoms with Crippen molar-refractivity contribution in [3.63, 3.8) is 0 Å². The number of aliphatic hydroxyl groups is 2. The normalized spacial score (nSPS) is 15.2. The predicted octanol–water partition coefficient (Wildman–Crippen LogP) is 10.4. The molecule has 0 spiro atoms. The first kappa shape index (κ1) is 58.8. The van der Waals surface area contributed by atoms with E-state index in [0.717, 1.165) is 44.4 Å². The first-order chi connectivity index (χ1) is 29.1. The number of hydrogen-bond acceptors (Lipinski definition) is 11. The van der Waals surface area contributed by atoms with Crippen LogP contribution in [0.4, 0.5) is 0 Å². The molecule has 0 aliphatic carbocycles. The predicted molar refractivity (Wildman–Crippen MR) is 240 cm³/mol. The molecule has 0 fully saturated rings. The zero-order chi connectivity index (χ0) is 45.5. The molecule has 0 saturated heterocycles. The number of hydrogen-bond donors (Lipinski definition) is 5. The molecule has 354 valence electrons. The first-order valence-corrected chi connectivity index (χ1v) is 25.5. The van der Waals surface area contributed by atoms with Crippen molar-refractivity contribution in [3.05, 3.63) is 60.8 Å². The molecule has 0 heterocycles. The summed E-state index contributed by atoms with van der Waals surface area (Å²) < 4.78 is 47.7. The van der Waals surface area contributed by atoms with E-state index < -0.39 is 72.3 Å². The van der Waals surface area contributed by atoms with Crippen LogP contribution in [0, 0.1) is 5.92 Å². The number of rotatable bonds is 41. The van der Waals surface area contributed by atoms with Gasteiger partial charge in [-0.3, -0.25) is 23.2 Å². The number of ether oxygens (including phenoxy) is 2. The Kier molecular flexibility index (Phi) is 37.9. The third-order valence-electron chi connectivity index (χ3n) is 9.17. The average Bonchev–Trinajstić information content (AvgIpc) is 3.20. The summed E-state index contributed by atoms with van der Waals surface area (Å²) in [5.74, 6) is -0.346. The summed E-state index contributed by atoms with van der Waals surface area (Å²) in [6.07, 6.45) is 36.8. The van der Waals surface area contributed by atoms with Gasteiger partial charge in [0.2, 0.25) is 0 Å². The highest BCUT2D eigenvalue weighted by molar-refractivity contribution is 7.47. The Morgan fingerprint density at radius 1 is 0.590 bits per heavy atom. The lowest BCUT2D eigenvalue weighted by atomic mass is 10.0. The molecule has 4 atom stereocenters. The minimum atomic E-state index is -4.88. The van der Waals surface area contributed by atoms with E-state index in [9.17, 15) is 33.8 Å². The molecule has 0 aliphatic heterocycles. The van der Waals surface area contributed by atoms with Crippen molar-refractivity contribution < 1.29 is 66.7 Å². The molecule has 61 heavy (non-hydrogen) atoms. The van der Waals surface area contributed by atoms with Crippen LogP contribution in [-0.2, 0) is 41.8 Å². The minimum Gasteiger partial charge on any atom is -0.462 e. The van der Waals surface area contributed by atoms with Gasteiger partial charge in [0, 0.05) is 12.8 Å². The summed E-state index contributed by atoms with van der Waals surface area (Å²) in [6.45, 7) is 3.81. The van der Waals surface area contributed by atoms with Gasteiger partial charge in [-0.2, -0.15) is 0 Å². The van der Waals surface area contributed by atoms with Gasteiger partial charge in [0.25, 0.3) is 0 Å². The molecular weight excluding hydrogens is 826 g/mol. The first-order valence-electron chi connectivity index (χ1n) is 22.4. The van der Waals surface area contributed by atoms with Crippen LogP contribution in [0.5, 0.6) is 0 Å². The van der Waals surface area contributed by atoms with Crippen LogP contribution in [0.2, 0.25) is 0 Å². The third-order valence-corrected chi connectivity index (χ3v) is 10.6.